The zero-order chi connectivity index (χ0) is 19.7. The zero-order valence-electron chi connectivity index (χ0n) is 15.0. The number of nitrogens with zero attached hydrogens (tertiary/aromatic N) is 1. The summed E-state index contributed by atoms with van der Waals surface area (Å²) >= 11 is 0. The Hall–Kier alpha value is -3.22. The number of hydrogen-bond acceptors (Lipinski definition) is 2. The third kappa shape index (κ3) is 3.60. The number of hydrogen-bond donors (Lipinski definition) is 2. The van der Waals surface area contributed by atoms with Gasteiger partial charge < -0.3 is 15.2 Å². The van der Waals surface area contributed by atoms with Crippen LogP contribution in [0, 0.1) is 17.6 Å². The molecule has 0 saturated carbocycles. The SMILES string of the molecule is O=C(Nc1ccc(F)c(F)c1)C1CC(=O)N(CCc2c[nH]c3ccccc23)C1. The molecule has 1 fully saturated rings. The lowest BCUT2D eigenvalue weighted by Gasteiger charge is -2.16. The van der Waals surface area contributed by atoms with Crippen LogP contribution >= 0.6 is 0 Å². The molecule has 0 aliphatic carbocycles. The van der Waals surface area contributed by atoms with Gasteiger partial charge in [-0.05, 0) is 30.2 Å². The van der Waals surface area contributed by atoms with E-state index in [0.717, 1.165) is 28.6 Å². The molecule has 1 unspecified atom stereocenters. The molecule has 0 spiro atoms. The van der Waals surface area contributed by atoms with Gasteiger partial charge in [0.15, 0.2) is 11.6 Å². The lowest BCUT2D eigenvalue weighted by molar-refractivity contribution is -0.128. The third-order valence-corrected chi connectivity index (χ3v) is 5.10. The molecule has 28 heavy (non-hydrogen) atoms. The smallest absolute Gasteiger partial charge is 0.229 e. The Bertz CT molecular complexity index is 1050. The lowest BCUT2D eigenvalue weighted by atomic mass is 10.1. The average Bonchev–Trinajstić information content (AvgIpc) is 3.26. The molecule has 1 aromatic heterocycles. The van der Waals surface area contributed by atoms with Crippen LogP contribution in [0.4, 0.5) is 14.5 Å². The minimum absolute atomic E-state index is 0.0784. The van der Waals surface area contributed by atoms with E-state index in [9.17, 15) is 18.4 Å². The standard InChI is InChI=1S/C21H19F2N3O2/c22-17-6-5-15(10-18(17)23)25-21(28)14-9-20(27)26(12-14)8-7-13-11-24-19-4-2-1-3-16(13)19/h1-6,10-11,14,24H,7-9,12H2,(H,25,28). The Labute approximate surface area is 160 Å². The highest BCUT2D eigenvalue weighted by atomic mass is 19.2. The van der Waals surface area contributed by atoms with Crippen molar-refractivity contribution in [1.29, 1.82) is 0 Å². The van der Waals surface area contributed by atoms with Crippen LogP contribution in [0.3, 0.4) is 0 Å². The molecule has 7 heteroatoms. The maximum Gasteiger partial charge on any atom is 0.229 e. The molecular formula is C21H19F2N3O2. The molecule has 4 rings (SSSR count). The second-order valence-corrected chi connectivity index (χ2v) is 6.97. The first-order chi connectivity index (χ1) is 13.5. The van der Waals surface area contributed by atoms with Crippen molar-refractivity contribution >= 4 is 28.4 Å². The monoisotopic (exact) mass is 383 g/mol. The number of aromatic amines is 1. The summed E-state index contributed by atoms with van der Waals surface area (Å²) in [4.78, 5) is 29.6. The highest BCUT2D eigenvalue weighted by molar-refractivity contribution is 5.97. The molecule has 5 nitrogen and oxygen atoms in total. The summed E-state index contributed by atoms with van der Waals surface area (Å²) in [6, 6.07) is 11.1. The van der Waals surface area contributed by atoms with Gasteiger partial charge in [-0.1, -0.05) is 18.2 Å². The molecule has 0 bridgehead atoms. The van der Waals surface area contributed by atoms with Crippen molar-refractivity contribution in [3.8, 4) is 0 Å². The van der Waals surface area contributed by atoms with Crippen LogP contribution in [-0.4, -0.2) is 34.8 Å². The predicted octanol–water partition coefficient (Wildman–Crippen LogP) is 3.48. The topological polar surface area (TPSA) is 65.2 Å². The second kappa shape index (κ2) is 7.42. The Morgan fingerprint density at radius 2 is 2.00 bits per heavy atom. The van der Waals surface area contributed by atoms with E-state index >= 15 is 0 Å². The number of para-hydroxylation sites is 1. The molecule has 144 valence electrons. The third-order valence-electron chi connectivity index (χ3n) is 5.10. The van der Waals surface area contributed by atoms with Crippen LogP contribution in [0.15, 0.2) is 48.7 Å². The number of halogens is 2. The minimum Gasteiger partial charge on any atom is -0.361 e. The van der Waals surface area contributed by atoms with Crippen LogP contribution in [0.2, 0.25) is 0 Å². The number of amides is 2. The van der Waals surface area contributed by atoms with E-state index in [-0.39, 0.29) is 23.9 Å². The highest BCUT2D eigenvalue weighted by Crippen LogP contribution is 2.23. The van der Waals surface area contributed by atoms with Crippen molar-refractivity contribution in [3.05, 3.63) is 65.9 Å². The summed E-state index contributed by atoms with van der Waals surface area (Å²) in [5.74, 6) is -2.96. The van der Waals surface area contributed by atoms with Crippen molar-refractivity contribution in [2.75, 3.05) is 18.4 Å². The largest absolute Gasteiger partial charge is 0.361 e. The Kier molecular flexibility index (Phi) is 4.81. The fourth-order valence-electron chi connectivity index (χ4n) is 3.58. The van der Waals surface area contributed by atoms with Gasteiger partial charge >= 0.3 is 0 Å². The van der Waals surface area contributed by atoms with E-state index in [2.05, 4.69) is 10.3 Å². The molecule has 3 aromatic rings. The quantitative estimate of drug-likeness (QED) is 0.709. The maximum absolute atomic E-state index is 13.3. The molecule has 1 saturated heterocycles. The van der Waals surface area contributed by atoms with Crippen molar-refractivity contribution in [2.45, 2.75) is 12.8 Å². The van der Waals surface area contributed by atoms with Gasteiger partial charge in [0, 0.05) is 48.4 Å². The van der Waals surface area contributed by atoms with Gasteiger partial charge in [0.1, 0.15) is 0 Å². The number of H-pyrrole nitrogens is 1. The molecule has 1 aliphatic heterocycles. The molecule has 0 radical (unpaired) electrons. The van der Waals surface area contributed by atoms with Gasteiger partial charge in [0.25, 0.3) is 0 Å². The average molecular weight is 383 g/mol. The summed E-state index contributed by atoms with van der Waals surface area (Å²) < 4.78 is 26.3. The summed E-state index contributed by atoms with van der Waals surface area (Å²) in [5.41, 5.74) is 2.35. The van der Waals surface area contributed by atoms with Crippen molar-refractivity contribution in [1.82, 2.24) is 9.88 Å². The number of carbonyl (C=O) groups is 2. The highest BCUT2D eigenvalue weighted by Gasteiger charge is 2.34. The van der Waals surface area contributed by atoms with Gasteiger partial charge in [0.05, 0.1) is 5.92 Å². The molecule has 2 amide bonds. The number of aromatic nitrogens is 1. The van der Waals surface area contributed by atoms with Crippen LogP contribution < -0.4 is 5.32 Å². The molecule has 2 heterocycles. The molecule has 1 atom stereocenters. The predicted molar refractivity (Wildman–Crippen MR) is 102 cm³/mol. The van der Waals surface area contributed by atoms with Gasteiger partial charge in [-0.15, -0.1) is 0 Å². The van der Waals surface area contributed by atoms with E-state index in [1.54, 1.807) is 4.90 Å². The van der Waals surface area contributed by atoms with Crippen molar-refractivity contribution in [2.24, 2.45) is 5.92 Å². The number of likely N-dealkylation sites (tertiary alicyclic amines) is 1. The summed E-state index contributed by atoms with van der Waals surface area (Å²) in [7, 11) is 0. The number of carbonyl (C=O) groups excluding carboxylic acids is 2. The number of anilines is 1. The fraction of sp³-hybridized carbons (Fsp3) is 0.238. The second-order valence-electron chi connectivity index (χ2n) is 6.97. The number of nitrogens with one attached hydrogen (secondary N) is 2. The van der Waals surface area contributed by atoms with Gasteiger partial charge in [0.2, 0.25) is 11.8 Å². The summed E-state index contributed by atoms with van der Waals surface area (Å²) in [6.07, 6.45) is 2.75. The van der Waals surface area contributed by atoms with Gasteiger partial charge in [-0.25, -0.2) is 8.78 Å². The molecule has 2 N–H and O–H groups in total. The number of fused-ring (bicyclic) bond motifs is 1. The van der Waals surface area contributed by atoms with E-state index in [1.165, 1.54) is 6.07 Å². The first-order valence-electron chi connectivity index (χ1n) is 9.10. The summed E-state index contributed by atoms with van der Waals surface area (Å²) in [6.45, 7) is 0.840. The maximum atomic E-state index is 13.3. The van der Waals surface area contributed by atoms with Crippen LogP contribution in [0.25, 0.3) is 10.9 Å². The molecule has 2 aromatic carbocycles. The fourth-order valence-corrected chi connectivity index (χ4v) is 3.58. The number of rotatable bonds is 5. The van der Waals surface area contributed by atoms with Crippen molar-refractivity contribution < 1.29 is 18.4 Å². The zero-order valence-corrected chi connectivity index (χ0v) is 15.0. The van der Waals surface area contributed by atoms with Gasteiger partial charge in [-0.2, -0.15) is 0 Å². The van der Waals surface area contributed by atoms with Crippen LogP contribution in [0.1, 0.15) is 12.0 Å². The molecular weight excluding hydrogens is 364 g/mol. The first-order valence-corrected chi connectivity index (χ1v) is 9.10. The summed E-state index contributed by atoms with van der Waals surface area (Å²) in [5, 5.41) is 3.68. The number of benzene rings is 2. The Morgan fingerprint density at radius 3 is 2.82 bits per heavy atom. The van der Waals surface area contributed by atoms with Gasteiger partial charge in [-0.3, -0.25) is 9.59 Å². The van der Waals surface area contributed by atoms with E-state index in [4.69, 9.17) is 0 Å². The van der Waals surface area contributed by atoms with Crippen LogP contribution in [-0.2, 0) is 16.0 Å². The van der Waals surface area contributed by atoms with Crippen LogP contribution in [0.5, 0.6) is 0 Å². The normalized spacial score (nSPS) is 16.7. The lowest BCUT2D eigenvalue weighted by Crippen LogP contribution is -2.30. The Balaban J connectivity index is 1.36. The Morgan fingerprint density at radius 1 is 1.18 bits per heavy atom. The van der Waals surface area contributed by atoms with E-state index in [0.29, 0.717) is 19.5 Å². The van der Waals surface area contributed by atoms with E-state index in [1.807, 2.05) is 30.5 Å². The van der Waals surface area contributed by atoms with E-state index < -0.39 is 17.6 Å². The molecule has 1 aliphatic rings. The minimum atomic E-state index is -1.03. The first kappa shape index (κ1) is 18.2. The van der Waals surface area contributed by atoms with Crippen molar-refractivity contribution in [3.63, 3.8) is 0 Å².